The number of rotatable bonds is 1. The van der Waals surface area contributed by atoms with E-state index >= 15 is 0 Å². The highest BCUT2D eigenvalue weighted by atomic mass is 16.5. The number of hydrogen-bond acceptors (Lipinski definition) is 2. The maximum Gasteiger partial charge on any atom is 0.122 e. The van der Waals surface area contributed by atoms with Gasteiger partial charge in [0.15, 0.2) is 0 Å². The Hall–Kier alpha value is -1.46. The number of hydrogen-bond donors (Lipinski definition) is 1. The summed E-state index contributed by atoms with van der Waals surface area (Å²) < 4.78 is 5.41. The molecule has 1 heterocycles. The van der Waals surface area contributed by atoms with Gasteiger partial charge in [0.2, 0.25) is 0 Å². The van der Waals surface area contributed by atoms with Crippen LogP contribution in [0.5, 0.6) is 5.75 Å². The van der Waals surface area contributed by atoms with Gasteiger partial charge in [0.25, 0.3) is 0 Å². The standard InChI is InChI=1S/C12H13NO/c13-7-2-1-3-10-4-5-12-11(9-10)6-8-14-12/h4-5,9H,2,6-8,13H2. The van der Waals surface area contributed by atoms with Crippen LogP contribution in [-0.2, 0) is 6.42 Å². The number of ether oxygens (including phenoxy) is 1. The Balaban J connectivity index is 2.18. The fraction of sp³-hybridized carbons (Fsp3) is 0.333. The van der Waals surface area contributed by atoms with Crippen LogP contribution in [0.15, 0.2) is 18.2 Å². The average molecular weight is 187 g/mol. The van der Waals surface area contributed by atoms with E-state index in [9.17, 15) is 0 Å². The van der Waals surface area contributed by atoms with Gasteiger partial charge in [0, 0.05) is 24.9 Å². The largest absolute Gasteiger partial charge is 0.493 e. The molecule has 0 fully saturated rings. The molecule has 1 aromatic carbocycles. The molecule has 0 unspecified atom stereocenters. The van der Waals surface area contributed by atoms with Crippen molar-refractivity contribution in [1.82, 2.24) is 0 Å². The zero-order chi connectivity index (χ0) is 9.80. The molecule has 2 N–H and O–H groups in total. The van der Waals surface area contributed by atoms with Gasteiger partial charge < -0.3 is 10.5 Å². The van der Waals surface area contributed by atoms with Crippen molar-refractivity contribution >= 4 is 0 Å². The normalized spacial score (nSPS) is 12.6. The first-order chi connectivity index (χ1) is 6.90. The lowest BCUT2D eigenvalue weighted by Gasteiger charge is -1.97. The lowest BCUT2D eigenvalue weighted by atomic mass is 10.1. The summed E-state index contributed by atoms with van der Waals surface area (Å²) in [5.74, 6) is 7.13. The summed E-state index contributed by atoms with van der Waals surface area (Å²) >= 11 is 0. The van der Waals surface area contributed by atoms with Crippen molar-refractivity contribution in [2.45, 2.75) is 12.8 Å². The summed E-state index contributed by atoms with van der Waals surface area (Å²) in [7, 11) is 0. The van der Waals surface area contributed by atoms with Gasteiger partial charge in [-0.2, -0.15) is 0 Å². The minimum atomic E-state index is 0.626. The Labute approximate surface area is 84.1 Å². The zero-order valence-corrected chi connectivity index (χ0v) is 8.05. The molecule has 0 saturated carbocycles. The first-order valence-corrected chi connectivity index (χ1v) is 4.85. The number of benzene rings is 1. The van der Waals surface area contributed by atoms with Crippen LogP contribution in [-0.4, -0.2) is 13.2 Å². The fourth-order valence-corrected chi connectivity index (χ4v) is 1.50. The molecule has 1 aromatic rings. The monoisotopic (exact) mass is 187 g/mol. The molecule has 1 aliphatic heterocycles. The molecule has 0 radical (unpaired) electrons. The Morgan fingerprint density at radius 2 is 2.36 bits per heavy atom. The molecule has 72 valence electrons. The van der Waals surface area contributed by atoms with Gasteiger partial charge in [-0.15, -0.1) is 0 Å². The predicted octanol–water partition coefficient (Wildman–Crippen LogP) is 1.32. The van der Waals surface area contributed by atoms with E-state index in [2.05, 4.69) is 17.9 Å². The molecule has 2 heteroatoms. The molecule has 2 rings (SSSR count). The highest BCUT2D eigenvalue weighted by molar-refractivity contribution is 5.45. The number of nitrogens with two attached hydrogens (primary N) is 1. The first-order valence-electron chi connectivity index (χ1n) is 4.85. The van der Waals surface area contributed by atoms with E-state index in [-0.39, 0.29) is 0 Å². The van der Waals surface area contributed by atoms with Crippen molar-refractivity contribution in [1.29, 1.82) is 0 Å². The molecule has 0 saturated heterocycles. The van der Waals surface area contributed by atoms with Crippen molar-refractivity contribution < 1.29 is 4.74 Å². The summed E-state index contributed by atoms with van der Waals surface area (Å²) in [4.78, 5) is 0. The van der Waals surface area contributed by atoms with E-state index in [0.717, 1.165) is 30.8 Å². The van der Waals surface area contributed by atoms with Crippen molar-refractivity contribution in [2.24, 2.45) is 5.73 Å². The molecule has 14 heavy (non-hydrogen) atoms. The second-order valence-corrected chi connectivity index (χ2v) is 3.26. The second-order valence-electron chi connectivity index (χ2n) is 3.26. The van der Waals surface area contributed by atoms with E-state index in [1.807, 2.05) is 12.1 Å². The van der Waals surface area contributed by atoms with Crippen LogP contribution in [0.3, 0.4) is 0 Å². The zero-order valence-electron chi connectivity index (χ0n) is 8.05. The molecule has 0 aromatic heterocycles. The van der Waals surface area contributed by atoms with Gasteiger partial charge in [0.1, 0.15) is 5.75 Å². The molecule has 0 bridgehead atoms. The maximum atomic E-state index is 5.41. The lowest BCUT2D eigenvalue weighted by molar-refractivity contribution is 0.357. The third-order valence-electron chi connectivity index (χ3n) is 2.19. The maximum absolute atomic E-state index is 5.41. The van der Waals surface area contributed by atoms with Crippen molar-refractivity contribution in [2.75, 3.05) is 13.2 Å². The SMILES string of the molecule is NCCC#Cc1ccc2c(c1)CCO2. The van der Waals surface area contributed by atoms with Gasteiger partial charge >= 0.3 is 0 Å². The molecule has 0 aliphatic carbocycles. The topological polar surface area (TPSA) is 35.2 Å². The average Bonchev–Trinajstić information content (AvgIpc) is 2.65. The van der Waals surface area contributed by atoms with Gasteiger partial charge in [-0.1, -0.05) is 11.8 Å². The Morgan fingerprint density at radius 1 is 1.43 bits per heavy atom. The summed E-state index contributed by atoms with van der Waals surface area (Å²) in [6.45, 7) is 1.43. The minimum Gasteiger partial charge on any atom is -0.493 e. The van der Waals surface area contributed by atoms with Gasteiger partial charge in [-0.25, -0.2) is 0 Å². The summed E-state index contributed by atoms with van der Waals surface area (Å²) in [5, 5.41) is 0. The van der Waals surface area contributed by atoms with Gasteiger partial charge in [-0.05, 0) is 23.8 Å². The predicted molar refractivity (Wildman–Crippen MR) is 56.2 cm³/mol. The summed E-state index contributed by atoms with van der Waals surface area (Å²) in [6, 6.07) is 6.09. The van der Waals surface area contributed by atoms with Crippen molar-refractivity contribution in [3.63, 3.8) is 0 Å². The quantitative estimate of drug-likeness (QED) is 0.673. The van der Waals surface area contributed by atoms with Crippen LogP contribution < -0.4 is 10.5 Å². The van der Waals surface area contributed by atoms with E-state index < -0.39 is 0 Å². The molecular weight excluding hydrogens is 174 g/mol. The van der Waals surface area contributed by atoms with Crippen molar-refractivity contribution in [3.05, 3.63) is 29.3 Å². The van der Waals surface area contributed by atoms with Crippen LogP contribution in [0.25, 0.3) is 0 Å². The summed E-state index contributed by atoms with van der Waals surface area (Å²) in [5.41, 5.74) is 7.69. The molecule has 2 nitrogen and oxygen atoms in total. The lowest BCUT2D eigenvalue weighted by Crippen LogP contribution is -1.95. The Kier molecular flexibility index (Phi) is 2.71. The van der Waals surface area contributed by atoms with Crippen LogP contribution in [0, 0.1) is 11.8 Å². The Bertz CT molecular complexity index is 387. The molecule has 0 amide bonds. The highest BCUT2D eigenvalue weighted by Crippen LogP contribution is 2.25. The molecular formula is C12H13NO. The Morgan fingerprint density at radius 3 is 3.21 bits per heavy atom. The van der Waals surface area contributed by atoms with E-state index in [0.29, 0.717) is 6.54 Å². The van der Waals surface area contributed by atoms with Gasteiger partial charge in [0.05, 0.1) is 6.61 Å². The minimum absolute atomic E-state index is 0.626. The van der Waals surface area contributed by atoms with E-state index in [4.69, 9.17) is 10.5 Å². The third-order valence-corrected chi connectivity index (χ3v) is 2.19. The molecule has 1 aliphatic rings. The van der Waals surface area contributed by atoms with Crippen molar-refractivity contribution in [3.8, 4) is 17.6 Å². The third kappa shape index (κ3) is 1.89. The van der Waals surface area contributed by atoms with E-state index in [1.54, 1.807) is 0 Å². The smallest absolute Gasteiger partial charge is 0.122 e. The first kappa shape index (κ1) is 9.11. The fourth-order valence-electron chi connectivity index (χ4n) is 1.50. The number of fused-ring (bicyclic) bond motifs is 1. The molecule has 0 atom stereocenters. The van der Waals surface area contributed by atoms with E-state index in [1.165, 1.54) is 5.56 Å². The highest BCUT2D eigenvalue weighted by Gasteiger charge is 2.10. The van der Waals surface area contributed by atoms with Crippen LogP contribution in [0.1, 0.15) is 17.5 Å². The van der Waals surface area contributed by atoms with Crippen LogP contribution in [0.2, 0.25) is 0 Å². The van der Waals surface area contributed by atoms with Gasteiger partial charge in [-0.3, -0.25) is 0 Å². The molecule has 0 spiro atoms. The second kappa shape index (κ2) is 4.17. The summed E-state index contributed by atoms with van der Waals surface area (Å²) in [6.07, 6.45) is 1.76. The van der Waals surface area contributed by atoms with Crippen LogP contribution in [0.4, 0.5) is 0 Å². The van der Waals surface area contributed by atoms with Crippen LogP contribution >= 0.6 is 0 Å².